The summed E-state index contributed by atoms with van der Waals surface area (Å²) in [5.74, 6) is 0.580. The van der Waals surface area contributed by atoms with Gasteiger partial charge in [-0.3, -0.25) is 0 Å². The van der Waals surface area contributed by atoms with Crippen LogP contribution < -0.4 is 0 Å². The van der Waals surface area contributed by atoms with Crippen molar-refractivity contribution in [2.45, 2.75) is 29.2 Å². The largest absolute Gasteiger partial charge is 0.417 e. The normalized spacial score (nSPS) is 30.6. The van der Waals surface area contributed by atoms with Crippen molar-refractivity contribution in [3.63, 3.8) is 0 Å². The third-order valence-corrected chi connectivity index (χ3v) is 5.51. The number of halogens is 3. The molecule has 1 unspecified atom stereocenters. The van der Waals surface area contributed by atoms with Crippen molar-refractivity contribution < 1.29 is 13.2 Å². The Morgan fingerprint density at radius 2 is 1.79 bits per heavy atom. The number of benzene rings is 1. The minimum atomic E-state index is -4.25. The molecule has 3 saturated heterocycles. The molecular weight excluding hydrogens is 271 g/mol. The first-order chi connectivity index (χ1) is 9.04. The van der Waals surface area contributed by atoms with Crippen LogP contribution in [0.15, 0.2) is 29.2 Å². The number of nitrogens with zero attached hydrogens (tertiary/aromatic N) is 1. The molecule has 0 N–H and O–H groups in total. The van der Waals surface area contributed by atoms with Gasteiger partial charge in [0.15, 0.2) is 0 Å². The van der Waals surface area contributed by atoms with Gasteiger partial charge < -0.3 is 4.90 Å². The SMILES string of the molecule is FC(F)(F)c1ccccc1SC1CN2CCC1CC2. The quantitative estimate of drug-likeness (QED) is 0.812. The van der Waals surface area contributed by atoms with Crippen LogP contribution in [0.2, 0.25) is 0 Å². The summed E-state index contributed by atoms with van der Waals surface area (Å²) in [7, 11) is 0. The number of rotatable bonds is 2. The molecule has 3 heterocycles. The van der Waals surface area contributed by atoms with E-state index >= 15 is 0 Å². The highest BCUT2D eigenvalue weighted by atomic mass is 32.2. The van der Waals surface area contributed by atoms with Gasteiger partial charge in [-0.1, -0.05) is 12.1 Å². The molecule has 3 fully saturated rings. The van der Waals surface area contributed by atoms with Crippen LogP contribution in [0.1, 0.15) is 18.4 Å². The van der Waals surface area contributed by atoms with Crippen molar-refractivity contribution in [3.05, 3.63) is 29.8 Å². The molecule has 0 aromatic heterocycles. The van der Waals surface area contributed by atoms with E-state index in [2.05, 4.69) is 4.90 Å². The molecule has 0 amide bonds. The van der Waals surface area contributed by atoms with Crippen LogP contribution in [0.25, 0.3) is 0 Å². The van der Waals surface area contributed by atoms with E-state index in [0.29, 0.717) is 16.1 Å². The molecule has 0 aliphatic carbocycles. The molecule has 4 rings (SSSR count). The van der Waals surface area contributed by atoms with Crippen molar-refractivity contribution in [2.24, 2.45) is 5.92 Å². The average molecular weight is 287 g/mol. The molecule has 3 aliphatic heterocycles. The molecule has 1 atom stereocenters. The van der Waals surface area contributed by atoms with Gasteiger partial charge in [0.2, 0.25) is 0 Å². The van der Waals surface area contributed by atoms with Gasteiger partial charge in [-0.05, 0) is 44.0 Å². The Bertz CT molecular complexity index is 452. The molecule has 0 spiro atoms. The van der Waals surface area contributed by atoms with Gasteiger partial charge >= 0.3 is 6.18 Å². The summed E-state index contributed by atoms with van der Waals surface area (Å²) in [5, 5.41) is 0.311. The first-order valence-corrected chi connectivity index (χ1v) is 7.47. The van der Waals surface area contributed by atoms with Gasteiger partial charge in [0.25, 0.3) is 0 Å². The van der Waals surface area contributed by atoms with Crippen LogP contribution in [-0.2, 0) is 6.18 Å². The second-order valence-electron chi connectivity index (χ2n) is 5.29. The zero-order chi connectivity index (χ0) is 13.5. The summed E-state index contributed by atoms with van der Waals surface area (Å²) < 4.78 is 38.9. The molecule has 5 heteroatoms. The Hall–Kier alpha value is -0.680. The third kappa shape index (κ3) is 2.77. The molecule has 19 heavy (non-hydrogen) atoms. The maximum absolute atomic E-state index is 13.0. The summed E-state index contributed by atoms with van der Waals surface area (Å²) in [6.07, 6.45) is -1.99. The Balaban J connectivity index is 1.80. The van der Waals surface area contributed by atoms with Crippen LogP contribution in [0.5, 0.6) is 0 Å². The lowest BCUT2D eigenvalue weighted by atomic mass is 9.88. The summed E-state index contributed by atoms with van der Waals surface area (Å²) in [4.78, 5) is 2.75. The van der Waals surface area contributed by atoms with Gasteiger partial charge in [0, 0.05) is 16.7 Å². The van der Waals surface area contributed by atoms with E-state index in [0.717, 1.165) is 32.5 Å². The van der Waals surface area contributed by atoms with Crippen molar-refractivity contribution >= 4 is 11.8 Å². The number of thioether (sulfide) groups is 1. The predicted octanol–water partition coefficient (Wildman–Crippen LogP) is 3.89. The van der Waals surface area contributed by atoms with E-state index in [9.17, 15) is 13.2 Å². The monoisotopic (exact) mass is 287 g/mol. The van der Waals surface area contributed by atoms with Crippen LogP contribution in [0, 0.1) is 5.92 Å². The Morgan fingerprint density at radius 1 is 1.11 bits per heavy atom. The maximum atomic E-state index is 13.0. The second kappa shape index (κ2) is 5.02. The Morgan fingerprint density at radius 3 is 2.37 bits per heavy atom. The molecular formula is C14H16F3NS. The van der Waals surface area contributed by atoms with Gasteiger partial charge in [0.1, 0.15) is 0 Å². The lowest BCUT2D eigenvalue weighted by Gasteiger charge is -2.44. The zero-order valence-corrected chi connectivity index (χ0v) is 11.3. The molecule has 2 bridgehead atoms. The highest BCUT2D eigenvalue weighted by molar-refractivity contribution is 8.00. The number of hydrogen-bond acceptors (Lipinski definition) is 2. The molecule has 1 nitrogen and oxygen atoms in total. The highest BCUT2D eigenvalue weighted by Gasteiger charge is 2.38. The van der Waals surface area contributed by atoms with Gasteiger partial charge in [-0.15, -0.1) is 11.8 Å². The third-order valence-electron chi connectivity index (χ3n) is 4.07. The fourth-order valence-corrected chi connectivity index (χ4v) is 4.56. The van der Waals surface area contributed by atoms with Crippen LogP contribution in [-0.4, -0.2) is 29.8 Å². The van der Waals surface area contributed by atoms with E-state index in [4.69, 9.17) is 0 Å². The summed E-state index contributed by atoms with van der Waals surface area (Å²) in [6, 6.07) is 5.94. The topological polar surface area (TPSA) is 3.24 Å². The zero-order valence-electron chi connectivity index (χ0n) is 10.5. The molecule has 1 aromatic carbocycles. The lowest BCUT2D eigenvalue weighted by Crippen LogP contribution is -2.49. The lowest BCUT2D eigenvalue weighted by molar-refractivity contribution is -0.139. The number of alkyl halides is 3. The summed E-state index contributed by atoms with van der Waals surface area (Å²) >= 11 is 1.42. The highest BCUT2D eigenvalue weighted by Crippen LogP contribution is 2.43. The van der Waals surface area contributed by atoms with Crippen LogP contribution in [0.4, 0.5) is 13.2 Å². The van der Waals surface area contributed by atoms with Crippen molar-refractivity contribution in [3.8, 4) is 0 Å². The second-order valence-corrected chi connectivity index (χ2v) is 6.57. The standard InChI is InChI=1S/C14H16F3NS/c15-14(16,17)11-3-1-2-4-12(11)19-13-9-18-7-5-10(13)6-8-18/h1-4,10,13H,5-9H2. The van der Waals surface area contributed by atoms with Gasteiger partial charge in [-0.2, -0.15) is 13.2 Å². The van der Waals surface area contributed by atoms with Crippen LogP contribution in [0.3, 0.4) is 0 Å². The molecule has 3 aliphatic rings. The molecule has 0 radical (unpaired) electrons. The van der Waals surface area contributed by atoms with Crippen molar-refractivity contribution in [1.82, 2.24) is 4.90 Å². The maximum Gasteiger partial charge on any atom is 0.417 e. The first kappa shape index (κ1) is 13.3. The minimum absolute atomic E-state index is 0.311. The van der Waals surface area contributed by atoms with E-state index in [1.807, 2.05) is 0 Å². The van der Waals surface area contributed by atoms with Gasteiger partial charge in [0.05, 0.1) is 5.56 Å². The van der Waals surface area contributed by atoms with Crippen molar-refractivity contribution in [1.29, 1.82) is 0 Å². The first-order valence-electron chi connectivity index (χ1n) is 6.59. The number of fused-ring (bicyclic) bond motifs is 3. The number of hydrogen-bond donors (Lipinski definition) is 0. The summed E-state index contributed by atoms with van der Waals surface area (Å²) in [6.45, 7) is 3.16. The number of piperidine rings is 3. The summed E-state index contributed by atoms with van der Waals surface area (Å²) in [5.41, 5.74) is -0.489. The van der Waals surface area contributed by atoms with Gasteiger partial charge in [-0.25, -0.2) is 0 Å². The average Bonchev–Trinajstić information content (AvgIpc) is 2.39. The fourth-order valence-electron chi connectivity index (χ4n) is 3.01. The minimum Gasteiger partial charge on any atom is -0.302 e. The van der Waals surface area contributed by atoms with E-state index in [1.165, 1.54) is 23.9 Å². The van der Waals surface area contributed by atoms with E-state index < -0.39 is 11.7 Å². The molecule has 0 saturated carbocycles. The van der Waals surface area contributed by atoms with E-state index in [1.54, 1.807) is 12.1 Å². The molecule has 104 valence electrons. The van der Waals surface area contributed by atoms with E-state index in [-0.39, 0.29) is 0 Å². The fraction of sp³-hybridized carbons (Fsp3) is 0.571. The smallest absolute Gasteiger partial charge is 0.302 e. The van der Waals surface area contributed by atoms with Crippen molar-refractivity contribution in [2.75, 3.05) is 19.6 Å². The predicted molar refractivity (Wildman–Crippen MR) is 70.3 cm³/mol. The van der Waals surface area contributed by atoms with Crippen LogP contribution >= 0.6 is 11.8 Å². The Kier molecular flexibility index (Phi) is 3.52. The Labute approximate surface area is 115 Å². The molecule has 1 aromatic rings.